The van der Waals surface area contributed by atoms with Crippen molar-refractivity contribution in [2.45, 2.75) is 79.1 Å². The molecule has 4 nitrogen and oxygen atoms in total. The number of carbonyl (C=O) groups excluding carboxylic acids is 2. The van der Waals surface area contributed by atoms with Crippen molar-refractivity contribution < 1.29 is 19.1 Å². The fraction of sp³-hybridized carbons (Fsp3) is 0.889. The standard InChI is InChI=1S/C18H34O4/c1-5-8-9-16(7-3)14-22-18(20)11-10-17(19)21-13-12-15(4)6-2/h15-16H,5-14H2,1-4H3. The molecule has 0 N–H and O–H groups in total. The van der Waals surface area contributed by atoms with Gasteiger partial charge in [-0.15, -0.1) is 0 Å². The Kier molecular flexibility index (Phi) is 12.9. The van der Waals surface area contributed by atoms with Crippen LogP contribution in [0.2, 0.25) is 0 Å². The summed E-state index contributed by atoms with van der Waals surface area (Å²) in [6.07, 6.45) is 6.63. The molecular weight excluding hydrogens is 280 g/mol. The minimum absolute atomic E-state index is 0.116. The van der Waals surface area contributed by atoms with E-state index in [9.17, 15) is 9.59 Å². The number of carbonyl (C=O) groups is 2. The van der Waals surface area contributed by atoms with Gasteiger partial charge in [-0.1, -0.05) is 53.4 Å². The fourth-order valence-corrected chi connectivity index (χ4v) is 2.04. The largest absolute Gasteiger partial charge is 0.466 e. The molecule has 0 aliphatic rings. The van der Waals surface area contributed by atoms with Crippen LogP contribution in [0, 0.1) is 11.8 Å². The highest BCUT2D eigenvalue weighted by Crippen LogP contribution is 2.13. The van der Waals surface area contributed by atoms with Crippen molar-refractivity contribution in [2.24, 2.45) is 11.8 Å². The van der Waals surface area contributed by atoms with E-state index in [1.54, 1.807) is 0 Å². The number of esters is 2. The Morgan fingerprint density at radius 3 is 2.09 bits per heavy atom. The minimum Gasteiger partial charge on any atom is -0.466 e. The van der Waals surface area contributed by atoms with Gasteiger partial charge in [-0.25, -0.2) is 0 Å². The third-order valence-corrected chi connectivity index (χ3v) is 4.13. The van der Waals surface area contributed by atoms with Gasteiger partial charge in [0.25, 0.3) is 0 Å². The smallest absolute Gasteiger partial charge is 0.306 e. The van der Waals surface area contributed by atoms with E-state index in [0.717, 1.165) is 32.1 Å². The van der Waals surface area contributed by atoms with E-state index in [4.69, 9.17) is 9.47 Å². The number of rotatable bonds is 13. The Morgan fingerprint density at radius 2 is 1.55 bits per heavy atom. The topological polar surface area (TPSA) is 52.6 Å². The lowest BCUT2D eigenvalue weighted by molar-refractivity contribution is -0.151. The number of ether oxygens (including phenoxy) is 2. The molecular formula is C18H34O4. The number of hydrogen-bond acceptors (Lipinski definition) is 4. The molecule has 0 spiro atoms. The maximum atomic E-state index is 11.6. The van der Waals surface area contributed by atoms with Gasteiger partial charge in [-0.3, -0.25) is 9.59 Å². The maximum absolute atomic E-state index is 11.6. The first-order valence-electron chi connectivity index (χ1n) is 8.84. The molecule has 0 aromatic rings. The van der Waals surface area contributed by atoms with E-state index in [1.165, 1.54) is 6.42 Å². The Labute approximate surface area is 135 Å². The highest BCUT2D eigenvalue weighted by Gasteiger charge is 2.12. The van der Waals surface area contributed by atoms with Crippen LogP contribution in [0.15, 0.2) is 0 Å². The summed E-state index contributed by atoms with van der Waals surface area (Å²) in [5.74, 6) is 0.394. The molecule has 2 atom stereocenters. The molecule has 0 aliphatic carbocycles. The summed E-state index contributed by atoms with van der Waals surface area (Å²) in [7, 11) is 0. The molecule has 0 aromatic carbocycles. The van der Waals surface area contributed by atoms with Crippen molar-refractivity contribution in [2.75, 3.05) is 13.2 Å². The van der Waals surface area contributed by atoms with Gasteiger partial charge in [0.05, 0.1) is 26.1 Å². The molecule has 0 saturated heterocycles. The van der Waals surface area contributed by atoms with Crippen LogP contribution in [0.4, 0.5) is 0 Å². The quantitative estimate of drug-likeness (QED) is 0.469. The molecule has 0 fully saturated rings. The van der Waals surface area contributed by atoms with Crippen molar-refractivity contribution in [3.05, 3.63) is 0 Å². The van der Waals surface area contributed by atoms with Crippen LogP contribution in [0.25, 0.3) is 0 Å². The lowest BCUT2D eigenvalue weighted by Crippen LogP contribution is -2.16. The lowest BCUT2D eigenvalue weighted by atomic mass is 10.0. The summed E-state index contributed by atoms with van der Waals surface area (Å²) in [6, 6.07) is 0. The van der Waals surface area contributed by atoms with Crippen LogP contribution >= 0.6 is 0 Å². The van der Waals surface area contributed by atoms with Crippen LogP contribution < -0.4 is 0 Å². The zero-order valence-electron chi connectivity index (χ0n) is 14.9. The van der Waals surface area contributed by atoms with Crippen molar-refractivity contribution in [3.63, 3.8) is 0 Å². The van der Waals surface area contributed by atoms with Crippen LogP contribution in [0.1, 0.15) is 79.1 Å². The Bertz CT molecular complexity index is 301. The summed E-state index contributed by atoms with van der Waals surface area (Å²) in [4.78, 5) is 23.2. The predicted molar refractivity (Wildman–Crippen MR) is 88.5 cm³/mol. The van der Waals surface area contributed by atoms with E-state index in [2.05, 4.69) is 27.7 Å². The Balaban J connectivity index is 3.72. The average molecular weight is 314 g/mol. The first-order valence-corrected chi connectivity index (χ1v) is 8.84. The van der Waals surface area contributed by atoms with Crippen LogP contribution in [-0.2, 0) is 19.1 Å². The second kappa shape index (κ2) is 13.6. The minimum atomic E-state index is -0.307. The molecule has 0 saturated carbocycles. The maximum Gasteiger partial charge on any atom is 0.306 e. The molecule has 130 valence electrons. The third kappa shape index (κ3) is 11.6. The predicted octanol–water partition coefficient (Wildman–Crippen LogP) is 4.51. The summed E-state index contributed by atoms with van der Waals surface area (Å²) < 4.78 is 10.4. The highest BCUT2D eigenvalue weighted by molar-refractivity contribution is 5.77. The number of unbranched alkanes of at least 4 members (excludes halogenated alkanes) is 1. The molecule has 0 aliphatic heterocycles. The fourth-order valence-electron chi connectivity index (χ4n) is 2.04. The SMILES string of the molecule is CCCCC(CC)COC(=O)CCC(=O)OCCC(C)CC. The van der Waals surface area contributed by atoms with E-state index >= 15 is 0 Å². The molecule has 2 unspecified atom stereocenters. The molecule has 22 heavy (non-hydrogen) atoms. The van der Waals surface area contributed by atoms with E-state index in [1.807, 2.05) is 0 Å². The Morgan fingerprint density at radius 1 is 0.909 bits per heavy atom. The van der Waals surface area contributed by atoms with E-state index in [-0.39, 0.29) is 24.8 Å². The van der Waals surface area contributed by atoms with Gasteiger partial charge in [0.1, 0.15) is 0 Å². The first-order chi connectivity index (χ1) is 10.5. The summed E-state index contributed by atoms with van der Waals surface area (Å²) >= 11 is 0. The van der Waals surface area contributed by atoms with Crippen molar-refractivity contribution in [1.29, 1.82) is 0 Å². The van der Waals surface area contributed by atoms with E-state index < -0.39 is 0 Å². The lowest BCUT2D eigenvalue weighted by Gasteiger charge is -2.14. The van der Waals surface area contributed by atoms with Crippen molar-refractivity contribution >= 4 is 11.9 Å². The van der Waals surface area contributed by atoms with Crippen molar-refractivity contribution in [3.8, 4) is 0 Å². The van der Waals surface area contributed by atoms with E-state index in [0.29, 0.717) is 25.0 Å². The van der Waals surface area contributed by atoms with Gasteiger partial charge >= 0.3 is 11.9 Å². The molecule has 0 bridgehead atoms. The second-order valence-electron chi connectivity index (χ2n) is 6.12. The summed E-state index contributed by atoms with van der Waals surface area (Å²) in [5, 5.41) is 0. The molecule has 0 radical (unpaired) electrons. The summed E-state index contributed by atoms with van der Waals surface area (Å²) in [6.45, 7) is 9.44. The monoisotopic (exact) mass is 314 g/mol. The summed E-state index contributed by atoms with van der Waals surface area (Å²) in [5.41, 5.74) is 0. The molecule has 0 amide bonds. The normalized spacial score (nSPS) is 13.5. The van der Waals surface area contributed by atoms with Crippen LogP contribution in [0.3, 0.4) is 0 Å². The van der Waals surface area contributed by atoms with Gasteiger partial charge in [0.15, 0.2) is 0 Å². The highest BCUT2D eigenvalue weighted by atomic mass is 16.5. The van der Waals surface area contributed by atoms with Gasteiger partial charge in [-0.05, 0) is 24.7 Å². The second-order valence-corrected chi connectivity index (χ2v) is 6.12. The molecule has 0 heterocycles. The van der Waals surface area contributed by atoms with Crippen molar-refractivity contribution in [1.82, 2.24) is 0 Å². The third-order valence-electron chi connectivity index (χ3n) is 4.13. The molecule has 0 aromatic heterocycles. The van der Waals surface area contributed by atoms with Gasteiger partial charge in [0, 0.05) is 0 Å². The molecule has 4 heteroatoms. The molecule has 0 rings (SSSR count). The Hall–Kier alpha value is -1.06. The van der Waals surface area contributed by atoms with Gasteiger partial charge in [-0.2, -0.15) is 0 Å². The average Bonchev–Trinajstić information content (AvgIpc) is 2.52. The van der Waals surface area contributed by atoms with Gasteiger partial charge in [0.2, 0.25) is 0 Å². The van der Waals surface area contributed by atoms with Gasteiger partial charge < -0.3 is 9.47 Å². The zero-order valence-corrected chi connectivity index (χ0v) is 14.9. The zero-order chi connectivity index (χ0) is 16.8. The van der Waals surface area contributed by atoms with Crippen LogP contribution in [-0.4, -0.2) is 25.2 Å². The first kappa shape index (κ1) is 20.9. The van der Waals surface area contributed by atoms with Crippen LogP contribution in [0.5, 0.6) is 0 Å². The number of hydrogen-bond donors (Lipinski definition) is 0.